The van der Waals surface area contributed by atoms with Crippen LogP contribution in [-0.2, 0) is 17.8 Å². The van der Waals surface area contributed by atoms with Crippen LogP contribution in [0.5, 0.6) is 0 Å². The summed E-state index contributed by atoms with van der Waals surface area (Å²) in [6.07, 6.45) is 7.40. The Morgan fingerprint density at radius 3 is 2.73 bits per heavy atom. The molecule has 1 amide bonds. The van der Waals surface area contributed by atoms with Gasteiger partial charge in [-0.3, -0.25) is 4.79 Å². The van der Waals surface area contributed by atoms with Gasteiger partial charge in [0.2, 0.25) is 5.91 Å². The molecule has 146 valence electrons. The van der Waals surface area contributed by atoms with Gasteiger partial charge in [0, 0.05) is 31.1 Å². The maximum atomic E-state index is 12.1. The molecule has 1 heterocycles. The molecule has 1 aromatic rings. The van der Waals surface area contributed by atoms with E-state index in [9.17, 15) is 4.79 Å². The minimum absolute atomic E-state index is 0.0721. The molecule has 0 aliphatic heterocycles. The summed E-state index contributed by atoms with van der Waals surface area (Å²) < 4.78 is 2.03. The fraction of sp³-hybridized carbons (Fsp3) is 0.778. The lowest BCUT2D eigenvalue weighted by molar-refractivity contribution is -0.121. The zero-order valence-electron chi connectivity index (χ0n) is 16.5. The van der Waals surface area contributed by atoms with Gasteiger partial charge in [0.1, 0.15) is 18.7 Å². The van der Waals surface area contributed by atoms with Crippen LogP contribution in [-0.4, -0.2) is 51.3 Å². The average molecular weight is 364 g/mol. The fourth-order valence-corrected chi connectivity index (χ4v) is 3.06. The first-order chi connectivity index (χ1) is 12.4. The van der Waals surface area contributed by atoms with Gasteiger partial charge < -0.3 is 20.5 Å². The van der Waals surface area contributed by atoms with Gasteiger partial charge in [0.05, 0.1) is 0 Å². The lowest BCUT2D eigenvalue weighted by Gasteiger charge is -2.21. The molecule has 1 saturated carbocycles. The Bertz CT molecular complexity index is 597. The van der Waals surface area contributed by atoms with E-state index in [1.165, 1.54) is 12.8 Å². The van der Waals surface area contributed by atoms with Crippen LogP contribution in [0.3, 0.4) is 0 Å². The van der Waals surface area contributed by atoms with Gasteiger partial charge in [0.25, 0.3) is 0 Å². The lowest BCUT2D eigenvalue weighted by atomic mass is 10.1. The minimum atomic E-state index is -0.246. The summed E-state index contributed by atoms with van der Waals surface area (Å²) in [5, 5.41) is 17.8. The molecule has 26 heavy (non-hydrogen) atoms. The number of aryl methyl sites for hydroxylation is 1. The van der Waals surface area contributed by atoms with Crippen molar-refractivity contribution in [1.29, 1.82) is 0 Å². The SMILES string of the molecule is CCc1nncn1CCNC(=NCC(=O)NC(C)(C)C)NC1CCCC1. The molecular weight excluding hydrogens is 330 g/mol. The molecule has 0 atom stereocenters. The summed E-state index contributed by atoms with van der Waals surface area (Å²) in [4.78, 5) is 16.5. The number of carbonyl (C=O) groups excluding carboxylic acids is 1. The molecule has 1 aliphatic rings. The molecule has 8 nitrogen and oxygen atoms in total. The molecule has 2 rings (SSSR count). The van der Waals surface area contributed by atoms with Crippen LogP contribution in [0.25, 0.3) is 0 Å². The smallest absolute Gasteiger partial charge is 0.242 e. The molecule has 3 N–H and O–H groups in total. The van der Waals surface area contributed by atoms with Crippen molar-refractivity contribution in [3.8, 4) is 0 Å². The topological polar surface area (TPSA) is 96.2 Å². The van der Waals surface area contributed by atoms with E-state index in [-0.39, 0.29) is 18.0 Å². The van der Waals surface area contributed by atoms with Crippen LogP contribution in [0.15, 0.2) is 11.3 Å². The Kier molecular flexibility index (Phi) is 7.41. The van der Waals surface area contributed by atoms with E-state index >= 15 is 0 Å². The van der Waals surface area contributed by atoms with Crippen molar-refractivity contribution in [2.24, 2.45) is 4.99 Å². The number of amides is 1. The Morgan fingerprint density at radius 2 is 2.08 bits per heavy atom. The summed E-state index contributed by atoms with van der Waals surface area (Å²) in [5.41, 5.74) is -0.246. The summed E-state index contributed by atoms with van der Waals surface area (Å²) in [6, 6.07) is 0.438. The predicted octanol–water partition coefficient (Wildman–Crippen LogP) is 1.23. The van der Waals surface area contributed by atoms with Crippen molar-refractivity contribution in [3.63, 3.8) is 0 Å². The van der Waals surface area contributed by atoms with E-state index in [0.29, 0.717) is 18.5 Å². The highest BCUT2D eigenvalue weighted by atomic mass is 16.2. The number of guanidine groups is 1. The third-order valence-electron chi connectivity index (χ3n) is 4.25. The zero-order valence-corrected chi connectivity index (χ0v) is 16.5. The normalized spacial score (nSPS) is 15.9. The first kappa shape index (κ1) is 20.2. The van der Waals surface area contributed by atoms with E-state index in [0.717, 1.165) is 31.6 Å². The number of hydrogen-bond acceptors (Lipinski definition) is 4. The van der Waals surface area contributed by atoms with Gasteiger partial charge in [-0.1, -0.05) is 19.8 Å². The van der Waals surface area contributed by atoms with Crippen LogP contribution in [0.1, 0.15) is 59.2 Å². The molecule has 1 aliphatic carbocycles. The van der Waals surface area contributed by atoms with E-state index in [2.05, 4.69) is 38.1 Å². The highest BCUT2D eigenvalue weighted by Gasteiger charge is 2.17. The standard InChI is InChI=1S/C18H33N7O/c1-5-15-24-21-13-25(15)11-10-19-17(22-14-8-6-7-9-14)20-12-16(26)23-18(2,3)4/h13-14H,5-12H2,1-4H3,(H,23,26)(H2,19,20,22). The van der Waals surface area contributed by atoms with Crippen molar-refractivity contribution >= 4 is 11.9 Å². The predicted molar refractivity (Wildman–Crippen MR) is 103 cm³/mol. The number of aliphatic imine (C=N–C) groups is 1. The van der Waals surface area contributed by atoms with E-state index in [1.54, 1.807) is 6.33 Å². The zero-order chi connectivity index (χ0) is 19.0. The van der Waals surface area contributed by atoms with Gasteiger partial charge in [0.15, 0.2) is 5.96 Å². The second-order valence-electron chi connectivity index (χ2n) is 7.81. The molecule has 8 heteroatoms. The number of rotatable bonds is 7. The van der Waals surface area contributed by atoms with E-state index in [1.807, 2.05) is 25.3 Å². The Labute approximate surface area is 156 Å². The first-order valence-electron chi connectivity index (χ1n) is 9.60. The molecule has 0 unspecified atom stereocenters. The van der Waals surface area contributed by atoms with Crippen LogP contribution < -0.4 is 16.0 Å². The van der Waals surface area contributed by atoms with Crippen LogP contribution >= 0.6 is 0 Å². The molecule has 0 spiro atoms. The molecular formula is C18H33N7O. The Hall–Kier alpha value is -2.12. The summed E-state index contributed by atoms with van der Waals surface area (Å²) in [5.74, 6) is 1.60. The number of hydrogen-bond donors (Lipinski definition) is 3. The van der Waals surface area contributed by atoms with Crippen molar-refractivity contribution in [2.75, 3.05) is 13.1 Å². The van der Waals surface area contributed by atoms with Crippen molar-refractivity contribution in [3.05, 3.63) is 12.2 Å². The summed E-state index contributed by atoms with van der Waals surface area (Å²) >= 11 is 0. The summed E-state index contributed by atoms with van der Waals surface area (Å²) in [6.45, 7) is 9.54. The molecule has 1 fully saturated rings. The highest BCUT2D eigenvalue weighted by Crippen LogP contribution is 2.17. The highest BCUT2D eigenvalue weighted by molar-refractivity contribution is 5.85. The minimum Gasteiger partial charge on any atom is -0.355 e. The van der Waals surface area contributed by atoms with Gasteiger partial charge in [-0.25, -0.2) is 4.99 Å². The maximum absolute atomic E-state index is 12.1. The van der Waals surface area contributed by atoms with E-state index in [4.69, 9.17) is 0 Å². The fourth-order valence-electron chi connectivity index (χ4n) is 3.06. The molecule has 0 aromatic carbocycles. The largest absolute Gasteiger partial charge is 0.355 e. The quantitative estimate of drug-likeness (QED) is 0.500. The lowest BCUT2D eigenvalue weighted by Crippen LogP contribution is -2.45. The van der Waals surface area contributed by atoms with Crippen LogP contribution in [0.4, 0.5) is 0 Å². The molecule has 0 radical (unpaired) electrons. The number of nitrogens with zero attached hydrogens (tertiary/aromatic N) is 4. The third kappa shape index (κ3) is 7.01. The molecule has 1 aromatic heterocycles. The second-order valence-corrected chi connectivity index (χ2v) is 7.81. The Balaban J connectivity index is 1.89. The van der Waals surface area contributed by atoms with Gasteiger partial charge in [-0.15, -0.1) is 10.2 Å². The monoisotopic (exact) mass is 363 g/mol. The van der Waals surface area contributed by atoms with Crippen molar-refractivity contribution in [1.82, 2.24) is 30.7 Å². The first-order valence-corrected chi connectivity index (χ1v) is 9.60. The number of carbonyl (C=O) groups is 1. The third-order valence-corrected chi connectivity index (χ3v) is 4.25. The molecule has 0 bridgehead atoms. The van der Waals surface area contributed by atoms with Gasteiger partial charge in [-0.2, -0.15) is 0 Å². The Morgan fingerprint density at radius 1 is 1.35 bits per heavy atom. The number of nitrogens with one attached hydrogen (secondary N) is 3. The average Bonchev–Trinajstić information content (AvgIpc) is 3.22. The van der Waals surface area contributed by atoms with Crippen molar-refractivity contribution in [2.45, 2.75) is 77.9 Å². The maximum Gasteiger partial charge on any atom is 0.242 e. The van der Waals surface area contributed by atoms with Crippen LogP contribution in [0, 0.1) is 0 Å². The second kappa shape index (κ2) is 9.54. The van der Waals surface area contributed by atoms with Crippen LogP contribution in [0.2, 0.25) is 0 Å². The van der Waals surface area contributed by atoms with Gasteiger partial charge in [-0.05, 0) is 33.6 Å². The number of aromatic nitrogens is 3. The van der Waals surface area contributed by atoms with E-state index < -0.39 is 0 Å². The summed E-state index contributed by atoms with van der Waals surface area (Å²) in [7, 11) is 0. The van der Waals surface area contributed by atoms with Gasteiger partial charge >= 0.3 is 0 Å². The van der Waals surface area contributed by atoms with Crippen molar-refractivity contribution < 1.29 is 4.79 Å². The molecule has 0 saturated heterocycles.